The van der Waals surface area contributed by atoms with E-state index in [1.807, 2.05) is 25.5 Å². The first-order chi connectivity index (χ1) is 7.90. The third-order valence-corrected chi connectivity index (χ3v) is 2.61. The molecule has 3 heteroatoms. The number of rotatable bonds is 4. The van der Waals surface area contributed by atoms with Crippen LogP contribution < -0.4 is 5.32 Å². The van der Waals surface area contributed by atoms with Crippen LogP contribution in [0.15, 0.2) is 49.1 Å². The highest BCUT2D eigenvalue weighted by Crippen LogP contribution is 2.15. The number of aromatic nitrogens is 2. The molecule has 0 spiro atoms. The van der Waals surface area contributed by atoms with Crippen LogP contribution in [0.4, 0.5) is 0 Å². The molecule has 3 nitrogen and oxygen atoms in total. The van der Waals surface area contributed by atoms with Crippen molar-refractivity contribution in [3.8, 4) is 0 Å². The normalized spacial score (nSPS) is 12.3. The minimum absolute atomic E-state index is 0.267. The Labute approximate surface area is 95.6 Å². The van der Waals surface area contributed by atoms with Crippen LogP contribution >= 0.6 is 0 Å². The SMILES string of the molecule is CNC(Cc1ccccc1)c1cncnc1. The van der Waals surface area contributed by atoms with E-state index in [0.717, 1.165) is 12.0 Å². The van der Waals surface area contributed by atoms with Crippen molar-refractivity contribution in [2.24, 2.45) is 0 Å². The van der Waals surface area contributed by atoms with Crippen LogP contribution in [0.5, 0.6) is 0 Å². The fourth-order valence-corrected chi connectivity index (χ4v) is 1.73. The highest BCUT2D eigenvalue weighted by molar-refractivity contribution is 5.19. The topological polar surface area (TPSA) is 37.8 Å². The minimum atomic E-state index is 0.267. The Bertz CT molecular complexity index is 414. The summed E-state index contributed by atoms with van der Waals surface area (Å²) in [6, 6.07) is 10.7. The average Bonchev–Trinajstić information content (AvgIpc) is 2.38. The summed E-state index contributed by atoms with van der Waals surface area (Å²) in [5.74, 6) is 0. The number of hydrogen-bond acceptors (Lipinski definition) is 3. The molecule has 1 atom stereocenters. The molecule has 2 rings (SSSR count). The van der Waals surface area contributed by atoms with Crippen LogP contribution in [0, 0.1) is 0 Å². The van der Waals surface area contributed by atoms with E-state index in [0.29, 0.717) is 0 Å². The molecule has 0 bridgehead atoms. The summed E-state index contributed by atoms with van der Waals surface area (Å²) in [4.78, 5) is 8.09. The van der Waals surface area contributed by atoms with Crippen LogP contribution in [-0.2, 0) is 6.42 Å². The van der Waals surface area contributed by atoms with Gasteiger partial charge in [-0.1, -0.05) is 30.3 Å². The second-order valence-electron chi connectivity index (χ2n) is 3.70. The number of nitrogens with one attached hydrogen (secondary N) is 1. The summed E-state index contributed by atoms with van der Waals surface area (Å²) in [6.07, 6.45) is 6.22. The fraction of sp³-hybridized carbons (Fsp3) is 0.231. The van der Waals surface area contributed by atoms with E-state index in [1.165, 1.54) is 5.56 Å². The van der Waals surface area contributed by atoms with Gasteiger partial charge in [0, 0.05) is 24.0 Å². The average molecular weight is 213 g/mol. The lowest BCUT2D eigenvalue weighted by molar-refractivity contribution is 0.587. The summed E-state index contributed by atoms with van der Waals surface area (Å²) < 4.78 is 0. The highest BCUT2D eigenvalue weighted by Gasteiger charge is 2.09. The molecule has 0 amide bonds. The Morgan fingerprint density at radius 1 is 1.12 bits per heavy atom. The van der Waals surface area contributed by atoms with Crippen molar-refractivity contribution in [2.75, 3.05) is 7.05 Å². The third kappa shape index (κ3) is 2.64. The molecule has 0 aliphatic rings. The number of nitrogens with zero attached hydrogens (tertiary/aromatic N) is 2. The van der Waals surface area contributed by atoms with Crippen molar-refractivity contribution < 1.29 is 0 Å². The Hall–Kier alpha value is -1.74. The maximum absolute atomic E-state index is 4.04. The second kappa shape index (κ2) is 5.37. The Balaban J connectivity index is 2.13. The van der Waals surface area contributed by atoms with E-state index in [2.05, 4.69) is 39.6 Å². The zero-order valence-electron chi connectivity index (χ0n) is 9.30. The van der Waals surface area contributed by atoms with Crippen LogP contribution in [0.2, 0.25) is 0 Å². The van der Waals surface area contributed by atoms with Gasteiger partial charge in [-0.05, 0) is 19.0 Å². The van der Waals surface area contributed by atoms with E-state index in [9.17, 15) is 0 Å². The van der Waals surface area contributed by atoms with Crippen molar-refractivity contribution >= 4 is 0 Å². The fourth-order valence-electron chi connectivity index (χ4n) is 1.73. The first-order valence-corrected chi connectivity index (χ1v) is 5.36. The summed E-state index contributed by atoms with van der Waals surface area (Å²) in [6.45, 7) is 0. The van der Waals surface area contributed by atoms with Gasteiger partial charge in [-0.15, -0.1) is 0 Å². The maximum Gasteiger partial charge on any atom is 0.115 e. The van der Waals surface area contributed by atoms with Gasteiger partial charge in [0.15, 0.2) is 0 Å². The van der Waals surface area contributed by atoms with Gasteiger partial charge in [0.05, 0.1) is 0 Å². The molecule has 0 aliphatic carbocycles. The molecule has 1 aromatic carbocycles. The Kier molecular flexibility index (Phi) is 3.62. The van der Waals surface area contributed by atoms with Gasteiger partial charge in [-0.3, -0.25) is 0 Å². The van der Waals surface area contributed by atoms with Crippen LogP contribution in [0.25, 0.3) is 0 Å². The van der Waals surface area contributed by atoms with E-state index < -0.39 is 0 Å². The molecule has 1 unspecified atom stereocenters. The third-order valence-electron chi connectivity index (χ3n) is 2.61. The molecule has 1 aromatic heterocycles. The second-order valence-corrected chi connectivity index (χ2v) is 3.70. The molecule has 0 radical (unpaired) electrons. The van der Waals surface area contributed by atoms with Crippen molar-refractivity contribution in [2.45, 2.75) is 12.5 Å². The number of benzene rings is 1. The molecule has 82 valence electrons. The lowest BCUT2D eigenvalue weighted by atomic mass is 10.0. The predicted octanol–water partition coefficient (Wildman–Crippen LogP) is 1.98. The van der Waals surface area contributed by atoms with Crippen molar-refractivity contribution in [3.63, 3.8) is 0 Å². The van der Waals surface area contributed by atoms with E-state index >= 15 is 0 Å². The number of hydrogen-bond donors (Lipinski definition) is 1. The first kappa shape index (κ1) is 10.8. The molecule has 0 aliphatic heterocycles. The Morgan fingerprint density at radius 3 is 2.44 bits per heavy atom. The van der Waals surface area contributed by atoms with Crippen molar-refractivity contribution in [1.29, 1.82) is 0 Å². The molecular weight excluding hydrogens is 198 g/mol. The molecule has 0 fully saturated rings. The quantitative estimate of drug-likeness (QED) is 0.844. The molecular formula is C13H15N3. The minimum Gasteiger partial charge on any atom is -0.313 e. The van der Waals surface area contributed by atoms with Crippen LogP contribution in [0.1, 0.15) is 17.2 Å². The van der Waals surface area contributed by atoms with Crippen LogP contribution in [0.3, 0.4) is 0 Å². The molecule has 0 saturated carbocycles. The van der Waals surface area contributed by atoms with Gasteiger partial charge < -0.3 is 5.32 Å². The molecule has 1 heterocycles. The maximum atomic E-state index is 4.04. The van der Waals surface area contributed by atoms with Gasteiger partial charge in [-0.25, -0.2) is 9.97 Å². The predicted molar refractivity (Wildman–Crippen MR) is 64.0 cm³/mol. The smallest absolute Gasteiger partial charge is 0.115 e. The van der Waals surface area contributed by atoms with E-state index in [4.69, 9.17) is 0 Å². The van der Waals surface area contributed by atoms with Gasteiger partial charge in [-0.2, -0.15) is 0 Å². The van der Waals surface area contributed by atoms with Crippen LogP contribution in [-0.4, -0.2) is 17.0 Å². The van der Waals surface area contributed by atoms with Gasteiger partial charge in [0.2, 0.25) is 0 Å². The zero-order chi connectivity index (χ0) is 11.2. The van der Waals surface area contributed by atoms with E-state index in [1.54, 1.807) is 6.33 Å². The van der Waals surface area contributed by atoms with Gasteiger partial charge >= 0.3 is 0 Å². The first-order valence-electron chi connectivity index (χ1n) is 5.36. The highest BCUT2D eigenvalue weighted by atomic mass is 14.9. The summed E-state index contributed by atoms with van der Waals surface area (Å²) in [5, 5.41) is 3.29. The molecule has 0 saturated heterocycles. The lowest BCUT2D eigenvalue weighted by Crippen LogP contribution is -2.19. The summed E-state index contributed by atoms with van der Waals surface area (Å²) in [7, 11) is 1.96. The standard InChI is InChI=1S/C13H15N3/c1-14-13(12-8-15-10-16-9-12)7-11-5-3-2-4-6-11/h2-6,8-10,13-14H,7H2,1H3. The summed E-state index contributed by atoms with van der Waals surface area (Å²) in [5.41, 5.74) is 2.43. The summed E-state index contributed by atoms with van der Waals surface area (Å²) >= 11 is 0. The molecule has 2 aromatic rings. The van der Waals surface area contributed by atoms with Crippen molar-refractivity contribution in [3.05, 3.63) is 60.2 Å². The lowest BCUT2D eigenvalue weighted by Gasteiger charge is -2.15. The zero-order valence-corrected chi connectivity index (χ0v) is 9.30. The van der Waals surface area contributed by atoms with Crippen molar-refractivity contribution in [1.82, 2.24) is 15.3 Å². The monoisotopic (exact) mass is 213 g/mol. The molecule has 16 heavy (non-hydrogen) atoms. The molecule has 1 N–H and O–H groups in total. The van der Waals surface area contributed by atoms with E-state index in [-0.39, 0.29) is 6.04 Å². The van der Waals surface area contributed by atoms with Gasteiger partial charge in [0.25, 0.3) is 0 Å². The largest absolute Gasteiger partial charge is 0.313 e. The Morgan fingerprint density at radius 2 is 1.81 bits per heavy atom. The van der Waals surface area contributed by atoms with Gasteiger partial charge in [0.1, 0.15) is 6.33 Å². The number of likely N-dealkylation sites (N-methyl/N-ethyl adjacent to an activating group) is 1.